The molecule has 0 spiro atoms. The van der Waals surface area contributed by atoms with Crippen molar-refractivity contribution in [2.75, 3.05) is 18.6 Å². The van der Waals surface area contributed by atoms with Crippen molar-refractivity contribution in [3.63, 3.8) is 0 Å². The lowest BCUT2D eigenvalue weighted by Crippen LogP contribution is -2.36. The normalized spacial score (nSPS) is 16.1. The second kappa shape index (κ2) is 7.26. The first-order valence-electron chi connectivity index (χ1n) is 8.95. The fraction of sp³-hybridized carbons (Fsp3) is 0.300. The minimum atomic E-state index is -0.315. The Morgan fingerprint density at radius 1 is 1.11 bits per heavy atom. The quantitative estimate of drug-likeness (QED) is 0.704. The van der Waals surface area contributed by atoms with E-state index in [4.69, 9.17) is 4.74 Å². The van der Waals surface area contributed by atoms with Crippen LogP contribution in [0.5, 0.6) is 5.75 Å². The summed E-state index contributed by atoms with van der Waals surface area (Å²) >= 11 is 0. The third-order valence-electron chi connectivity index (χ3n) is 4.88. The molecule has 1 unspecified atom stereocenters. The van der Waals surface area contributed by atoms with Gasteiger partial charge in [0.25, 0.3) is 0 Å². The lowest BCUT2D eigenvalue weighted by Gasteiger charge is -2.38. The first-order valence-corrected chi connectivity index (χ1v) is 8.95. The summed E-state index contributed by atoms with van der Waals surface area (Å²) in [5.41, 5.74) is 2.03. The van der Waals surface area contributed by atoms with Crippen molar-refractivity contribution in [2.24, 2.45) is 0 Å². The van der Waals surface area contributed by atoms with E-state index in [1.165, 1.54) is 13.2 Å². The number of benzene rings is 1. The van der Waals surface area contributed by atoms with Gasteiger partial charge in [0, 0.05) is 30.7 Å². The van der Waals surface area contributed by atoms with E-state index < -0.39 is 0 Å². The molecule has 0 saturated heterocycles. The minimum Gasteiger partial charge on any atom is -0.493 e. The summed E-state index contributed by atoms with van der Waals surface area (Å²) < 4.78 is 19.4. The lowest BCUT2D eigenvalue weighted by atomic mass is 9.90. The molecule has 0 radical (unpaired) electrons. The topological polar surface area (TPSA) is 64.0 Å². The number of aromatic nitrogens is 4. The third kappa shape index (κ3) is 3.09. The predicted molar refractivity (Wildman–Crippen MR) is 100 cm³/mol. The molecule has 0 fully saturated rings. The zero-order chi connectivity index (χ0) is 18.8. The van der Waals surface area contributed by atoms with Gasteiger partial charge in [0.15, 0.2) is 23.2 Å². The Balaban J connectivity index is 1.73. The highest BCUT2D eigenvalue weighted by Gasteiger charge is 2.30. The number of ether oxygens (including phenoxy) is 1. The molecule has 1 aliphatic heterocycles. The molecule has 4 rings (SSSR count). The smallest absolute Gasteiger partial charge is 0.199 e. The van der Waals surface area contributed by atoms with Gasteiger partial charge in [-0.2, -0.15) is 0 Å². The number of hydrogen-bond donors (Lipinski definition) is 0. The SMILES string of the molecule is CCC1c2ccc(F)c(OC)c2CCN1c1ccnc(-c2ncccn2)n1. The Morgan fingerprint density at radius 2 is 1.89 bits per heavy atom. The summed E-state index contributed by atoms with van der Waals surface area (Å²) in [6, 6.07) is 7.07. The molecule has 0 bridgehead atoms. The van der Waals surface area contributed by atoms with Gasteiger partial charge in [0.05, 0.1) is 13.2 Å². The zero-order valence-electron chi connectivity index (χ0n) is 15.3. The van der Waals surface area contributed by atoms with Gasteiger partial charge in [-0.15, -0.1) is 0 Å². The molecule has 1 aromatic carbocycles. The van der Waals surface area contributed by atoms with Crippen LogP contribution in [0, 0.1) is 5.82 Å². The van der Waals surface area contributed by atoms with Gasteiger partial charge >= 0.3 is 0 Å². The Hall–Kier alpha value is -3.09. The van der Waals surface area contributed by atoms with Gasteiger partial charge in [0.1, 0.15) is 5.82 Å². The van der Waals surface area contributed by atoms with Crippen LogP contribution in [0.15, 0.2) is 42.9 Å². The van der Waals surface area contributed by atoms with E-state index in [2.05, 4.69) is 31.8 Å². The Bertz CT molecular complexity index is 950. The molecular weight excluding hydrogens is 345 g/mol. The molecule has 1 atom stereocenters. The van der Waals surface area contributed by atoms with Gasteiger partial charge in [-0.1, -0.05) is 13.0 Å². The molecule has 1 aliphatic rings. The Morgan fingerprint density at radius 3 is 2.63 bits per heavy atom. The van der Waals surface area contributed by atoms with Gasteiger partial charge in [-0.3, -0.25) is 0 Å². The van der Waals surface area contributed by atoms with E-state index in [9.17, 15) is 4.39 Å². The van der Waals surface area contributed by atoms with Crippen molar-refractivity contribution in [3.8, 4) is 17.4 Å². The molecule has 27 heavy (non-hydrogen) atoms. The van der Waals surface area contributed by atoms with E-state index in [0.717, 1.165) is 29.9 Å². The van der Waals surface area contributed by atoms with Gasteiger partial charge in [-0.05, 0) is 36.6 Å². The molecule has 3 aromatic rings. The molecule has 0 saturated carbocycles. The molecule has 7 heteroatoms. The molecule has 0 amide bonds. The number of nitrogens with zero attached hydrogens (tertiary/aromatic N) is 5. The maximum absolute atomic E-state index is 14.1. The second-order valence-electron chi connectivity index (χ2n) is 6.33. The lowest BCUT2D eigenvalue weighted by molar-refractivity contribution is 0.376. The monoisotopic (exact) mass is 365 g/mol. The van der Waals surface area contributed by atoms with Crippen molar-refractivity contribution >= 4 is 5.82 Å². The fourth-order valence-electron chi connectivity index (χ4n) is 3.71. The van der Waals surface area contributed by atoms with E-state index >= 15 is 0 Å². The number of halogens is 1. The molecule has 3 heterocycles. The first-order chi connectivity index (χ1) is 13.2. The predicted octanol–water partition coefficient (Wildman–Crippen LogP) is 3.60. The Labute approximate surface area is 157 Å². The highest BCUT2D eigenvalue weighted by molar-refractivity contribution is 5.54. The summed E-state index contributed by atoms with van der Waals surface area (Å²) in [6.07, 6.45) is 6.62. The van der Waals surface area contributed by atoms with Crippen LogP contribution in [-0.4, -0.2) is 33.6 Å². The van der Waals surface area contributed by atoms with Crippen LogP contribution in [0.1, 0.15) is 30.5 Å². The first kappa shape index (κ1) is 17.3. The van der Waals surface area contributed by atoms with Crippen molar-refractivity contribution < 1.29 is 9.13 Å². The average molecular weight is 365 g/mol. The largest absolute Gasteiger partial charge is 0.493 e. The fourth-order valence-corrected chi connectivity index (χ4v) is 3.71. The summed E-state index contributed by atoms with van der Waals surface area (Å²) in [4.78, 5) is 19.7. The number of rotatable bonds is 4. The highest BCUT2D eigenvalue weighted by atomic mass is 19.1. The summed E-state index contributed by atoms with van der Waals surface area (Å²) in [6.45, 7) is 2.84. The van der Waals surface area contributed by atoms with Crippen LogP contribution in [0.2, 0.25) is 0 Å². The van der Waals surface area contributed by atoms with Crippen LogP contribution >= 0.6 is 0 Å². The number of methoxy groups -OCH3 is 1. The van der Waals surface area contributed by atoms with Crippen LogP contribution in [0.3, 0.4) is 0 Å². The summed E-state index contributed by atoms with van der Waals surface area (Å²) in [5.74, 6) is 1.84. The highest BCUT2D eigenvalue weighted by Crippen LogP contribution is 2.39. The maximum atomic E-state index is 14.1. The average Bonchev–Trinajstić information content (AvgIpc) is 2.73. The van der Waals surface area contributed by atoms with Crippen molar-refractivity contribution in [2.45, 2.75) is 25.8 Å². The molecular formula is C20H20FN5O. The summed E-state index contributed by atoms with van der Waals surface area (Å²) in [5, 5.41) is 0. The van der Waals surface area contributed by atoms with E-state index in [-0.39, 0.29) is 11.9 Å². The van der Waals surface area contributed by atoms with Gasteiger partial charge < -0.3 is 9.64 Å². The van der Waals surface area contributed by atoms with Gasteiger partial charge in [0.2, 0.25) is 0 Å². The zero-order valence-corrected chi connectivity index (χ0v) is 15.3. The van der Waals surface area contributed by atoms with Gasteiger partial charge in [-0.25, -0.2) is 24.3 Å². The van der Waals surface area contributed by atoms with Crippen molar-refractivity contribution in [1.82, 2.24) is 19.9 Å². The van der Waals surface area contributed by atoms with Crippen molar-refractivity contribution in [3.05, 3.63) is 59.8 Å². The minimum absolute atomic E-state index is 0.0858. The third-order valence-corrected chi connectivity index (χ3v) is 4.88. The summed E-state index contributed by atoms with van der Waals surface area (Å²) in [7, 11) is 1.52. The van der Waals surface area contributed by atoms with Crippen LogP contribution in [0.4, 0.5) is 10.2 Å². The molecule has 0 N–H and O–H groups in total. The molecule has 138 valence electrons. The maximum Gasteiger partial charge on any atom is 0.199 e. The molecule has 0 aliphatic carbocycles. The Kier molecular flexibility index (Phi) is 4.66. The van der Waals surface area contributed by atoms with Crippen LogP contribution in [0.25, 0.3) is 11.6 Å². The van der Waals surface area contributed by atoms with E-state index in [1.54, 1.807) is 24.7 Å². The molecule has 2 aromatic heterocycles. The van der Waals surface area contributed by atoms with E-state index in [1.807, 2.05) is 12.1 Å². The number of fused-ring (bicyclic) bond motifs is 1. The van der Waals surface area contributed by atoms with Crippen molar-refractivity contribution in [1.29, 1.82) is 0 Å². The second-order valence-corrected chi connectivity index (χ2v) is 6.33. The van der Waals surface area contributed by atoms with Crippen LogP contribution < -0.4 is 9.64 Å². The number of anilines is 1. The standard InChI is InChI=1S/C20H20FN5O/c1-3-16-13-5-6-15(21)18(27-2)14(13)8-12-26(16)17-7-11-24-20(25-17)19-22-9-4-10-23-19/h4-7,9-11,16H,3,8,12H2,1-2H3. The van der Waals surface area contributed by atoms with Crippen LogP contribution in [-0.2, 0) is 6.42 Å². The molecule has 6 nitrogen and oxygen atoms in total. The van der Waals surface area contributed by atoms with E-state index in [0.29, 0.717) is 23.8 Å². The number of hydrogen-bond acceptors (Lipinski definition) is 6.